The Morgan fingerprint density at radius 1 is 1.21 bits per heavy atom. The van der Waals surface area contributed by atoms with Crippen LogP contribution in [0.25, 0.3) is 32.1 Å². The van der Waals surface area contributed by atoms with Crippen molar-refractivity contribution in [1.29, 1.82) is 5.26 Å². The minimum Gasteiger partial charge on any atom is -0.461 e. The molecule has 268 valence electrons. The summed E-state index contributed by atoms with van der Waals surface area (Å²) in [4.78, 5) is 27.0. The van der Waals surface area contributed by atoms with Crippen LogP contribution in [-0.2, 0) is 0 Å². The number of aryl methyl sites for hydroxylation is 1. The summed E-state index contributed by atoms with van der Waals surface area (Å²) in [6, 6.07) is 7.93. The van der Waals surface area contributed by atoms with E-state index in [1.54, 1.807) is 18.3 Å². The third-order valence-corrected chi connectivity index (χ3v) is 12.0. The summed E-state index contributed by atoms with van der Waals surface area (Å²) in [5.41, 5.74) is 7.23. The van der Waals surface area contributed by atoms with Crippen molar-refractivity contribution in [1.82, 2.24) is 24.6 Å². The lowest BCUT2D eigenvalue weighted by atomic mass is 9.94. The molecule has 2 aromatic carbocycles. The zero-order chi connectivity index (χ0) is 36.3. The van der Waals surface area contributed by atoms with Gasteiger partial charge in [-0.05, 0) is 81.3 Å². The molecule has 0 aliphatic carbocycles. The van der Waals surface area contributed by atoms with Gasteiger partial charge in [-0.2, -0.15) is 20.3 Å². The zero-order valence-corrected chi connectivity index (χ0v) is 29.8. The number of fused-ring (bicyclic) bond motifs is 3. The van der Waals surface area contributed by atoms with Gasteiger partial charge in [0.25, 0.3) is 0 Å². The second kappa shape index (κ2) is 13.4. The quantitative estimate of drug-likeness (QED) is 0.185. The standard InChI is InChI=1S/C37H34ClF3N8O2S/c1-20-7-13-49(46-20)35(50)22-4-2-10-47(12-8-22)34-24-14-26(38)29(23-5-6-27(40)32-28(23)25(17-42)33(43)52-32)30(41)31(24)44-36(45-34)51-19-37-9-3-11-48(37)18-21(15-37)16-39/h5-7,13-14,16,22H,2-4,8-12,15,18-19,43H2,1H3/b21-16-/t22?,37-/m0/s1. The predicted octanol–water partition coefficient (Wildman–Crippen LogP) is 7.82. The Morgan fingerprint density at radius 3 is 2.83 bits per heavy atom. The molecular weight excluding hydrogens is 713 g/mol. The summed E-state index contributed by atoms with van der Waals surface area (Å²) in [5.74, 6) is -1.35. The molecule has 3 aromatic heterocycles. The Labute approximate surface area is 306 Å². The number of carbonyl (C=O) groups excluding carboxylic acids is 1. The highest BCUT2D eigenvalue weighted by molar-refractivity contribution is 7.23. The molecule has 5 aromatic rings. The Kier molecular flexibility index (Phi) is 8.84. The van der Waals surface area contributed by atoms with E-state index in [0.29, 0.717) is 68.4 Å². The highest BCUT2D eigenvalue weighted by Crippen LogP contribution is 2.46. The molecule has 0 amide bonds. The summed E-state index contributed by atoms with van der Waals surface area (Å²) < 4.78 is 53.5. The van der Waals surface area contributed by atoms with E-state index in [0.717, 1.165) is 36.4 Å². The maximum absolute atomic E-state index is 17.1. The molecule has 15 heteroatoms. The summed E-state index contributed by atoms with van der Waals surface area (Å²) >= 11 is 7.80. The van der Waals surface area contributed by atoms with Crippen molar-refractivity contribution in [2.24, 2.45) is 5.92 Å². The van der Waals surface area contributed by atoms with E-state index < -0.39 is 17.2 Å². The van der Waals surface area contributed by atoms with Gasteiger partial charge in [-0.3, -0.25) is 9.69 Å². The highest BCUT2D eigenvalue weighted by Gasteiger charge is 2.47. The molecule has 2 atom stereocenters. The first kappa shape index (κ1) is 34.4. The van der Waals surface area contributed by atoms with Crippen molar-refractivity contribution in [2.45, 2.75) is 51.0 Å². The normalized spacial score (nSPS) is 21.6. The number of anilines is 2. The molecule has 0 bridgehead atoms. The predicted molar refractivity (Wildman–Crippen MR) is 194 cm³/mol. The van der Waals surface area contributed by atoms with E-state index >= 15 is 4.39 Å². The fourth-order valence-corrected chi connectivity index (χ4v) is 9.40. The lowest BCUT2D eigenvalue weighted by Crippen LogP contribution is -2.43. The van der Waals surface area contributed by atoms with E-state index in [1.807, 2.05) is 17.9 Å². The van der Waals surface area contributed by atoms with Crippen LogP contribution in [0, 0.1) is 35.8 Å². The number of nitrogens with zero attached hydrogens (tertiary/aromatic N) is 7. The van der Waals surface area contributed by atoms with Gasteiger partial charge in [-0.15, -0.1) is 11.3 Å². The van der Waals surface area contributed by atoms with Crippen LogP contribution < -0.4 is 15.4 Å². The van der Waals surface area contributed by atoms with E-state index in [1.165, 1.54) is 16.8 Å². The van der Waals surface area contributed by atoms with Crippen molar-refractivity contribution in [3.8, 4) is 23.2 Å². The number of hydrogen-bond donors (Lipinski definition) is 1. The summed E-state index contributed by atoms with van der Waals surface area (Å²) in [6.45, 7) is 4.30. The molecule has 3 aliphatic heterocycles. The van der Waals surface area contributed by atoms with Crippen LogP contribution in [0.5, 0.6) is 6.01 Å². The molecule has 1 unspecified atom stereocenters. The molecule has 2 N–H and O–H groups in total. The van der Waals surface area contributed by atoms with Crippen LogP contribution >= 0.6 is 22.9 Å². The van der Waals surface area contributed by atoms with Crippen LogP contribution in [0.4, 0.5) is 24.0 Å². The Bertz CT molecular complexity index is 2340. The summed E-state index contributed by atoms with van der Waals surface area (Å²) in [7, 11) is 0. The van der Waals surface area contributed by atoms with Crippen LogP contribution in [0.15, 0.2) is 42.4 Å². The number of thiophene rings is 1. The van der Waals surface area contributed by atoms with Gasteiger partial charge >= 0.3 is 6.01 Å². The Balaban J connectivity index is 1.23. The van der Waals surface area contributed by atoms with Crippen molar-refractivity contribution in [2.75, 3.05) is 43.4 Å². The van der Waals surface area contributed by atoms with Gasteiger partial charge in [0, 0.05) is 48.1 Å². The lowest BCUT2D eigenvalue weighted by Gasteiger charge is -2.31. The van der Waals surface area contributed by atoms with Gasteiger partial charge in [-0.1, -0.05) is 17.7 Å². The second-order valence-electron chi connectivity index (χ2n) is 13.9. The first-order chi connectivity index (χ1) is 25.1. The molecular formula is C37H34ClF3N8O2S. The fourth-order valence-electron chi connectivity index (χ4n) is 8.15. The maximum atomic E-state index is 17.1. The topological polar surface area (TPSA) is 126 Å². The van der Waals surface area contributed by atoms with E-state index in [4.69, 9.17) is 27.1 Å². The van der Waals surface area contributed by atoms with Crippen molar-refractivity contribution >= 4 is 60.7 Å². The Hall–Kier alpha value is -4.71. The SMILES string of the molecule is Cc1ccn(C(=O)C2CCCN(c3nc(OC[C@@]45CCCN4C/C(=C\F)C5)nc4c(F)c(-c5ccc(F)c6sc(N)c(C#N)c56)c(Cl)cc34)CC2)n1. The highest BCUT2D eigenvalue weighted by atomic mass is 35.5. The van der Waals surface area contributed by atoms with E-state index in [2.05, 4.69) is 15.0 Å². The average Bonchev–Trinajstić information content (AvgIpc) is 3.86. The molecule has 3 aliphatic rings. The zero-order valence-electron chi connectivity index (χ0n) is 28.3. The van der Waals surface area contributed by atoms with Gasteiger partial charge in [0.1, 0.15) is 34.8 Å². The summed E-state index contributed by atoms with van der Waals surface area (Å²) in [5, 5.41) is 14.8. The molecule has 10 nitrogen and oxygen atoms in total. The molecule has 3 fully saturated rings. The van der Waals surface area contributed by atoms with Crippen molar-refractivity contribution in [3.05, 3.63) is 70.3 Å². The molecule has 52 heavy (non-hydrogen) atoms. The number of halogens is 4. The number of ether oxygens (including phenoxy) is 1. The van der Waals surface area contributed by atoms with Crippen LogP contribution in [0.3, 0.4) is 0 Å². The number of carbonyl (C=O) groups is 1. The first-order valence-corrected chi connectivity index (χ1v) is 18.4. The number of nitrogens with two attached hydrogens (primary N) is 1. The second-order valence-corrected chi connectivity index (χ2v) is 15.3. The molecule has 0 radical (unpaired) electrons. The number of nitrogen functional groups attached to an aromatic ring is 1. The van der Waals surface area contributed by atoms with E-state index in [9.17, 15) is 18.8 Å². The number of hydrogen-bond acceptors (Lipinski definition) is 10. The van der Waals surface area contributed by atoms with Gasteiger partial charge < -0.3 is 15.4 Å². The molecule has 8 rings (SSSR count). The molecule has 0 saturated carbocycles. The number of aromatic nitrogens is 4. The van der Waals surface area contributed by atoms with Gasteiger partial charge in [0.2, 0.25) is 5.91 Å². The third kappa shape index (κ3) is 5.75. The Morgan fingerprint density at radius 2 is 2.06 bits per heavy atom. The van der Waals surface area contributed by atoms with Gasteiger partial charge in [0.05, 0.1) is 32.8 Å². The summed E-state index contributed by atoms with van der Waals surface area (Å²) in [6.07, 6.45) is 6.41. The molecule has 3 saturated heterocycles. The smallest absolute Gasteiger partial charge is 0.319 e. The van der Waals surface area contributed by atoms with Crippen LogP contribution in [-0.4, -0.2) is 68.9 Å². The molecule has 6 heterocycles. The van der Waals surface area contributed by atoms with Crippen molar-refractivity contribution < 1.29 is 22.7 Å². The fraction of sp³-hybridized carbons (Fsp3) is 0.378. The average molecular weight is 747 g/mol. The first-order valence-electron chi connectivity index (χ1n) is 17.2. The maximum Gasteiger partial charge on any atom is 0.319 e. The molecule has 0 spiro atoms. The van der Waals surface area contributed by atoms with E-state index in [-0.39, 0.29) is 66.8 Å². The monoisotopic (exact) mass is 746 g/mol. The van der Waals surface area contributed by atoms with Gasteiger partial charge in [0.15, 0.2) is 5.82 Å². The van der Waals surface area contributed by atoms with Gasteiger partial charge in [-0.25, -0.2) is 17.9 Å². The lowest BCUT2D eigenvalue weighted by molar-refractivity contribution is 0.0806. The minimum atomic E-state index is -0.793. The number of nitriles is 1. The van der Waals surface area contributed by atoms with Crippen molar-refractivity contribution in [3.63, 3.8) is 0 Å². The van der Waals surface area contributed by atoms with Crippen LogP contribution in [0.1, 0.15) is 54.6 Å². The largest absolute Gasteiger partial charge is 0.461 e. The minimum absolute atomic E-state index is 0.0130. The van der Waals surface area contributed by atoms with Crippen LogP contribution in [0.2, 0.25) is 5.02 Å². The number of benzene rings is 2. The number of rotatable bonds is 6. The third-order valence-electron chi connectivity index (χ3n) is 10.7.